The molecule has 3 aromatic carbocycles. The fourth-order valence-corrected chi connectivity index (χ4v) is 6.75. The minimum Gasteiger partial charge on any atom is -0.207 e. The Morgan fingerprint density at radius 2 is 1.04 bits per heavy atom. The topological polar surface area (TPSA) is 0 Å². The van der Waals surface area contributed by atoms with Crippen molar-refractivity contribution in [3.05, 3.63) is 85.0 Å². The van der Waals surface area contributed by atoms with Gasteiger partial charge in [0.2, 0.25) is 0 Å². The average molecular weight is 587 g/mol. The van der Waals surface area contributed by atoms with Crippen molar-refractivity contribution >= 4 is 56.1 Å². The number of hydrogen-bond acceptors (Lipinski definition) is 0. The third-order valence-electron chi connectivity index (χ3n) is 3.26. The van der Waals surface area contributed by atoms with E-state index in [0.29, 0.717) is 9.79 Å². The van der Waals surface area contributed by atoms with Crippen LogP contribution in [0.4, 0.5) is 17.6 Å². The summed E-state index contributed by atoms with van der Waals surface area (Å²) >= 11 is 4.27. The first-order valence-corrected chi connectivity index (χ1v) is 10.3. The zero-order valence-electron chi connectivity index (χ0n) is 12.4. The van der Waals surface area contributed by atoms with Gasteiger partial charge in [-0.2, -0.15) is 0 Å². The maximum absolute atomic E-state index is 13.8. The van der Waals surface area contributed by atoms with Crippen LogP contribution in [0.15, 0.2) is 69.3 Å². The van der Waals surface area contributed by atoms with Crippen molar-refractivity contribution in [2.45, 2.75) is 14.7 Å². The Morgan fingerprint density at radius 3 is 1.44 bits per heavy atom. The van der Waals surface area contributed by atoms with E-state index in [1.807, 2.05) is 18.2 Å². The van der Waals surface area contributed by atoms with Gasteiger partial charge in [0, 0.05) is 40.0 Å². The first kappa shape index (κ1) is 19.0. The summed E-state index contributed by atoms with van der Waals surface area (Å²) in [4.78, 5) is 1.39. The van der Waals surface area contributed by atoms with Gasteiger partial charge < -0.3 is 0 Å². The molecule has 3 rings (SSSR count). The molecule has 25 heavy (non-hydrogen) atoms. The van der Waals surface area contributed by atoms with E-state index < -0.39 is 34.2 Å². The summed E-state index contributed by atoms with van der Waals surface area (Å²) in [6, 6.07) is 11.9. The molecular weight excluding hydrogens is 578 g/mol. The quantitative estimate of drug-likeness (QED) is 0.186. The fraction of sp³-hybridized carbons (Fsp3) is 0. The highest BCUT2D eigenvalue weighted by Crippen LogP contribution is 2.35. The molecule has 0 aliphatic heterocycles. The Labute approximate surface area is 172 Å². The van der Waals surface area contributed by atoms with Crippen LogP contribution >= 0.6 is 45.2 Å². The van der Waals surface area contributed by atoms with Crippen molar-refractivity contribution < 1.29 is 17.6 Å². The molecule has 0 saturated carbocycles. The molecule has 0 amide bonds. The van der Waals surface area contributed by atoms with E-state index in [1.165, 1.54) is 24.3 Å². The van der Waals surface area contributed by atoms with Crippen molar-refractivity contribution in [3.8, 4) is 0 Å². The summed E-state index contributed by atoms with van der Waals surface area (Å²) in [5.41, 5.74) is 0. The minimum absolute atomic E-state index is 0.321. The highest BCUT2D eigenvalue weighted by atomic mass is 127. The monoisotopic (exact) mass is 587 g/mol. The lowest BCUT2D eigenvalue weighted by Crippen LogP contribution is -2.09. The van der Waals surface area contributed by atoms with Crippen LogP contribution in [0.25, 0.3) is 0 Å². The van der Waals surface area contributed by atoms with E-state index in [9.17, 15) is 17.6 Å². The molecule has 0 heterocycles. The van der Waals surface area contributed by atoms with Gasteiger partial charge in [0.05, 0.1) is 3.57 Å². The molecule has 0 fully saturated rings. The van der Waals surface area contributed by atoms with Gasteiger partial charge in [-0.3, -0.25) is 0 Å². The Hall–Kier alpha value is -0.810. The lowest BCUT2D eigenvalue weighted by atomic mass is 10.3. The Balaban J connectivity index is 2.27. The Bertz CT molecular complexity index is 854. The largest absolute Gasteiger partial charge is 0.207 e. The number of halogens is 6. The van der Waals surface area contributed by atoms with Crippen LogP contribution < -0.4 is 0 Å². The van der Waals surface area contributed by atoms with Gasteiger partial charge in [-0.15, -0.1) is 0 Å². The third-order valence-corrected chi connectivity index (χ3v) is 7.40. The van der Waals surface area contributed by atoms with Gasteiger partial charge in [0.15, 0.2) is 14.7 Å². The molecule has 0 atom stereocenters. The molecule has 128 valence electrons. The summed E-state index contributed by atoms with van der Waals surface area (Å²) in [5, 5.41) is 0. The van der Waals surface area contributed by atoms with E-state index in [0.717, 1.165) is 24.2 Å². The Kier molecular flexibility index (Phi) is 5.94. The second-order valence-electron chi connectivity index (χ2n) is 5.09. The van der Waals surface area contributed by atoms with Crippen molar-refractivity contribution in [2.24, 2.45) is 0 Å². The Morgan fingerprint density at radius 1 is 0.600 bits per heavy atom. The first-order chi connectivity index (χ1) is 11.8. The van der Waals surface area contributed by atoms with Crippen LogP contribution in [-0.4, -0.2) is 0 Å². The summed E-state index contributed by atoms with van der Waals surface area (Å²) < 4.78 is 56.9. The first-order valence-electron chi connectivity index (χ1n) is 6.95. The standard InChI is InChI=1S/C18H9F4I2S/c19-10-3-11(20)6-15(5-10)25(16-7-12(21)4-13(22)8-16)18-2-1-14(23)9-17(18)24/h1-9H/q+1. The summed E-state index contributed by atoms with van der Waals surface area (Å²) in [6.07, 6.45) is 0. The average Bonchev–Trinajstić information content (AvgIpc) is 2.48. The van der Waals surface area contributed by atoms with E-state index >= 15 is 0 Å². The molecule has 0 nitrogen and oxygen atoms in total. The maximum Gasteiger partial charge on any atom is 0.179 e. The van der Waals surface area contributed by atoms with Crippen LogP contribution in [-0.2, 0) is 10.9 Å². The predicted octanol–water partition coefficient (Wildman–Crippen LogP) is 6.55. The highest BCUT2D eigenvalue weighted by Gasteiger charge is 2.33. The molecule has 0 saturated heterocycles. The van der Waals surface area contributed by atoms with Gasteiger partial charge in [0.1, 0.15) is 34.2 Å². The molecule has 0 aliphatic rings. The predicted molar refractivity (Wildman–Crippen MR) is 107 cm³/mol. The lowest BCUT2D eigenvalue weighted by Gasteiger charge is -2.10. The number of hydrogen-bond donors (Lipinski definition) is 0. The van der Waals surface area contributed by atoms with E-state index in [4.69, 9.17) is 0 Å². The summed E-state index contributed by atoms with van der Waals surface area (Å²) in [5.74, 6) is -2.93. The molecule has 3 aromatic rings. The van der Waals surface area contributed by atoms with Crippen molar-refractivity contribution in [3.63, 3.8) is 0 Å². The van der Waals surface area contributed by atoms with Crippen LogP contribution in [0.5, 0.6) is 0 Å². The zero-order valence-corrected chi connectivity index (χ0v) is 17.5. The second kappa shape index (κ2) is 7.83. The van der Waals surface area contributed by atoms with Gasteiger partial charge in [0.25, 0.3) is 0 Å². The van der Waals surface area contributed by atoms with Crippen LogP contribution in [0, 0.1) is 30.4 Å². The normalized spacial score (nSPS) is 11.2. The molecule has 0 aliphatic carbocycles. The van der Waals surface area contributed by atoms with Crippen LogP contribution in [0.3, 0.4) is 0 Å². The highest BCUT2D eigenvalue weighted by molar-refractivity contribution is 14.1. The van der Waals surface area contributed by atoms with Crippen molar-refractivity contribution in [1.29, 1.82) is 0 Å². The van der Waals surface area contributed by atoms with Crippen molar-refractivity contribution in [2.75, 3.05) is 0 Å². The van der Waals surface area contributed by atoms with Gasteiger partial charge in [-0.25, -0.2) is 17.6 Å². The van der Waals surface area contributed by atoms with Gasteiger partial charge >= 0.3 is 0 Å². The minimum atomic E-state index is -1.05. The molecule has 0 radical (unpaired) electrons. The van der Waals surface area contributed by atoms with Crippen LogP contribution in [0.2, 0.25) is 0 Å². The summed E-state index contributed by atoms with van der Waals surface area (Å²) in [6.45, 7) is 0. The van der Waals surface area contributed by atoms with E-state index in [2.05, 4.69) is 45.2 Å². The number of benzene rings is 3. The lowest BCUT2D eigenvalue weighted by molar-refractivity contribution is 0.576. The maximum atomic E-state index is 13.8. The van der Waals surface area contributed by atoms with Gasteiger partial charge in [-0.1, -0.05) is 0 Å². The molecule has 0 spiro atoms. The fourth-order valence-electron chi connectivity index (χ4n) is 2.32. The molecule has 0 unspecified atom stereocenters. The van der Waals surface area contributed by atoms with Gasteiger partial charge in [-0.05, 0) is 63.4 Å². The molecule has 0 aromatic heterocycles. The molecular formula is C18H9F4I2S+. The van der Waals surface area contributed by atoms with Crippen molar-refractivity contribution in [1.82, 2.24) is 0 Å². The molecule has 0 N–H and O–H groups in total. The third kappa shape index (κ3) is 4.48. The number of rotatable bonds is 3. The summed E-state index contributed by atoms with van der Waals surface area (Å²) in [7, 11) is -1.05. The van der Waals surface area contributed by atoms with Crippen LogP contribution in [0.1, 0.15) is 0 Å². The smallest absolute Gasteiger partial charge is 0.179 e. The van der Waals surface area contributed by atoms with E-state index in [1.54, 1.807) is 0 Å². The molecule has 0 bridgehead atoms. The zero-order chi connectivity index (χ0) is 18.1. The second-order valence-corrected chi connectivity index (χ2v) is 9.49. The van der Waals surface area contributed by atoms with E-state index in [-0.39, 0.29) is 0 Å². The molecule has 7 heteroatoms. The SMILES string of the molecule is Fc1cc(F)cc([S+](c2cc(F)cc(F)c2)c2ccc(I)cc2I)c1.